The lowest BCUT2D eigenvalue weighted by Gasteiger charge is -2.37. The minimum absolute atomic E-state index is 0.0919. The van der Waals surface area contributed by atoms with Gasteiger partial charge in [0.15, 0.2) is 5.03 Å². The highest BCUT2D eigenvalue weighted by Gasteiger charge is 2.23. The van der Waals surface area contributed by atoms with Gasteiger partial charge in [-0.3, -0.25) is 4.90 Å². The number of nitrogens with one attached hydrogen (secondary N) is 1. The van der Waals surface area contributed by atoms with Crippen molar-refractivity contribution in [3.8, 4) is 0 Å². The summed E-state index contributed by atoms with van der Waals surface area (Å²) in [4.78, 5) is 8.76. The number of rotatable bonds is 7. The normalized spacial score (nSPS) is 19.3. The van der Waals surface area contributed by atoms with Crippen LogP contribution in [-0.2, 0) is 10.0 Å². The van der Waals surface area contributed by atoms with Gasteiger partial charge in [-0.25, -0.2) is 18.1 Å². The van der Waals surface area contributed by atoms with Crippen molar-refractivity contribution in [2.45, 2.75) is 44.8 Å². The van der Waals surface area contributed by atoms with Crippen molar-refractivity contribution in [2.24, 2.45) is 0 Å². The Morgan fingerprint density at radius 2 is 1.87 bits per heavy atom. The fourth-order valence-corrected chi connectivity index (χ4v) is 3.75. The molecule has 0 saturated carbocycles. The molecule has 1 aromatic rings. The minimum atomic E-state index is -3.54. The van der Waals surface area contributed by atoms with Crippen LogP contribution in [0.3, 0.4) is 0 Å². The van der Waals surface area contributed by atoms with Gasteiger partial charge in [0.25, 0.3) is 10.0 Å². The van der Waals surface area contributed by atoms with Crippen LogP contribution in [0.5, 0.6) is 0 Å². The highest BCUT2D eigenvalue weighted by atomic mass is 32.2. The summed E-state index contributed by atoms with van der Waals surface area (Å²) in [7, 11) is -3.54. The van der Waals surface area contributed by atoms with Crippen LogP contribution in [0.25, 0.3) is 0 Å². The third-order valence-corrected chi connectivity index (χ3v) is 5.80. The molecule has 1 aliphatic heterocycles. The van der Waals surface area contributed by atoms with Gasteiger partial charge in [0.05, 0.1) is 6.33 Å². The number of sulfonamides is 1. The maximum Gasteiger partial charge on any atom is 0.259 e. The Hall–Kier alpha value is -0.960. The Labute approximate surface area is 139 Å². The monoisotopic (exact) mass is 343 g/mol. The molecule has 2 heterocycles. The lowest BCUT2D eigenvalue weighted by molar-refractivity contribution is 0.107. The summed E-state index contributed by atoms with van der Waals surface area (Å²) in [5, 5.41) is 0.0919. The third kappa shape index (κ3) is 4.76. The first kappa shape index (κ1) is 18.4. The number of imidazole rings is 1. The summed E-state index contributed by atoms with van der Waals surface area (Å²) < 4.78 is 29.2. The highest BCUT2D eigenvalue weighted by Crippen LogP contribution is 2.11. The summed E-state index contributed by atoms with van der Waals surface area (Å²) >= 11 is 0. The molecule has 132 valence electrons. The van der Waals surface area contributed by atoms with E-state index in [0.29, 0.717) is 6.54 Å². The molecule has 23 heavy (non-hydrogen) atoms. The molecule has 1 atom stereocenters. The minimum Gasteiger partial charge on any atom is -0.334 e. The molecule has 8 heteroatoms. The first-order chi connectivity index (χ1) is 10.8. The van der Waals surface area contributed by atoms with E-state index in [-0.39, 0.29) is 17.1 Å². The maximum atomic E-state index is 12.3. The van der Waals surface area contributed by atoms with E-state index in [4.69, 9.17) is 0 Å². The van der Waals surface area contributed by atoms with Crippen molar-refractivity contribution in [3.05, 3.63) is 12.5 Å². The van der Waals surface area contributed by atoms with Crippen LogP contribution in [0.2, 0.25) is 0 Å². The van der Waals surface area contributed by atoms with Gasteiger partial charge in [-0.15, -0.1) is 0 Å². The number of nitrogens with zero attached hydrogens (tertiary/aromatic N) is 4. The Balaban J connectivity index is 1.88. The van der Waals surface area contributed by atoms with Crippen LogP contribution in [0.4, 0.5) is 0 Å². The molecule has 1 saturated heterocycles. The first-order valence-corrected chi connectivity index (χ1v) is 9.81. The Bertz CT molecular complexity index is 591. The van der Waals surface area contributed by atoms with E-state index >= 15 is 0 Å². The molecule has 1 aliphatic rings. The summed E-state index contributed by atoms with van der Waals surface area (Å²) in [6.45, 7) is 13.8. The zero-order valence-corrected chi connectivity index (χ0v) is 15.4. The Kier molecular flexibility index (Phi) is 6.19. The molecule has 0 unspecified atom stereocenters. The topological polar surface area (TPSA) is 70.5 Å². The summed E-state index contributed by atoms with van der Waals surface area (Å²) in [5.74, 6) is 0. The Morgan fingerprint density at radius 3 is 2.39 bits per heavy atom. The average Bonchev–Trinajstić information content (AvgIpc) is 3.04. The zero-order chi connectivity index (χ0) is 17.0. The summed E-state index contributed by atoms with van der Waals surface area (Å²) in [6.07, 6.45) is 3.14. The second kappa shape index (κ2) is 7.74. The molecule has 0 aliphatic carbocycles. The second-order valence-corrected chi connectivity index (χ2v) is 8.14. The molecule has 0 spiro atoms. The van der Waals surface area contributed by atoms with Crippen LogP contribution in [0, 0.1) is 0 Å². The summed E-state index contributed by atoms with van der Waals surface area (Å²) in [5.41, 5.74) is 0. The molecular formula is C15H29N5O2S. The van der Waals surface area contributed by atoms with Crippen molar-refractivity contribution in [1.29, 1.82) is 0 Å². The average molecular weight is 343 g/mol. The number of likely N-dealkylation sites (N-methyl/N-ethyl adjacent to an activating group) is 1. The highest BCUT2D eigenvalue weighted by molar-refractivity contribution is 7.89. The number of hydrogen-bond donors (Lipinski definition) is 1. The molecule has 1 aromatic heterocycles. The van der Waals surface area contributed by atoms with Crippen molar-refractivity contribution in [3.63, 3.8) is 0 Å². The summed E-state index contributed by atoms with van der Waals surface area (Å²) in [6, 6.07) is 0.371. The van der Waals surface area contributed by atoms with Crippen molar-refractivity contribution in [1.82, 2.24) is 24.1 Å². The molecule has 1 fully saturated rings. The first-order valence-electron chi connectivity index (χ1n) is 8.33. The van der Waals surface area contributed by atoms with E-state index in [9.17, 15) is 8.42 Å². The molecule has 2 rings (SSSR count). The lowest BCUT2D eigenvalue weighted by atomic mass is 10.2. The van der Waals surface area contributed by atoms with Gasteiger partial charge >= 0.3 is 0 Å². The van der Waals surface area contributed by atoms with Gasteiger partial charge < -0.3 is 9.47 Å². The largest absolute Gasteiger partial charge is 0.334 e. The predicted molar refractivity (Wildman–Crippen MR) is 90.9 cm³/mol. The van der Waals surface area contributed by atoms with Gasteiger partial charge in [-0.05, 0) is 27.3 Å². The smallest absolute Gasteiger partial charge is 0.259 e. The zero-order valence-electron chi connectivity index (χ0n) is 14.6. The number of hydrogen-bond acceptors (Lipinski definition) is 5. The lowest BCUT2D eigenvalue weighted by Crippen LogP contribution is -2.52. The molecular weight excluding hydrogens is 314 g/mol. The molecule has 0 bridgehead atoms. The predicted octanol–water partition coefficient (Wildman–Crippen LogP) is 0.768. The van der Waals surface area contributed by atoms with Crippen LogP contribution >= 0.6 is 0 Å². The number of piperazine rings is 1. The van der Waals surface area contributed by atoms with Gasteiger partial charge in [0.2, 0.25) is 0 Å². The van der Waals surface area contributed by atoms with Gasteiger partial charge in [-0.1, -0.05) is 6.92 Å². The third-order valence-electron chi connectivity index (χ3n) is 4.50. The van der Waals surface area contributed by atoms with Crippen LogP contribution in [0.1, 0.15) is 33.7 Å². The van der Waals surface area contributed by atoms with Crippen LogP contribution in [-0.4, -0.2) is 73.1 Å². The van der Waals surface area contributed by atoms with Crippen LogP contribution < -0.4 is 4.72 Å². The SMILES string of the molecule is CCN1CCN([C@@H](C)CNS(=O)(=O)c2cn(C(C)C)cn2)CC1. The molecule has 0 radical (unpaired) electrons. The fourth-order valence-electron chi connectivity index (χ4n) is 2.69. The van der Waals surface area contributed by atoms with Crippen molar-refractivity contribution in [2.75, 3.05) is 39.3 Å². The van der Waals surface area contributed by atoms with E-state index in [0.717, 1.165) is 32.7 Å². The molecule has 7 nitrogen and oxygen atoms in total. The van der Waals surface area contributed by atoms with E-state index < -0.39 is 10.0 Å². The van der Waals surface area contributed by atoms with Gasteiger partial charge in [-0.2, -0.15) is 0 Å². The Morgan fingerprint density at radius 1 is 1.22 bits per heavy atom. The van der Waals surface area contributed by atoms with E-state index in [1.165, 1.54) is 0 Å². The maximum absolute atomic E-state index is 12.3. The quantitative estimate of drug-likeness (QED) is 0.792. The second-order valence-electron chi connectivity index (χ2n) is 6.42. The van der Waals surface area contributed by atoms with E-state index in [1.54, 1.807) is 17.1 Å². The number of aromatic nitrogens is 2. The molecule has 1 N–H and O–H groups in total. The van der Waals surface area contributed by atoms with E-state index in [1.807, 2.05) is 13.8 Å². The van der Waals surface area contributed by atoms with Gasteiger partial charge in [0.1, 0.15) is 0 Å². The van der Waals surface area contributed by atoms with Crippen LogP contribution in [0.15, 0.2) is 17.6 Å². The van der Waals surface area contributed by atoms with Crippen molar-refractivity contribution < 1.29 is 8.42 Å². The standard InChI is InChI=1S/C15H29N5O2S/c1-5-18-6-8-19(9-7-18)14(4)10-17-23(21,22)15-11-20(12-16-15)13(2)3/h11-14,17H,5-10H2,1-4H3/t14-/m0/s1. The molecule has 0 aromatic carbocycles. The van der Waals surface area contributed by atoms with Gasteiger partial charge in [0, 0.05) is 51.0 Å². The fraction of sp³-hybridized carbons (Fsp3) is 0.800. The molecule has 0 amide bonds. The van der Waals surface area contributed by atoms with E-state index in [2.05, 4.69) is 33.4 Å². The van der Waals surface area contributed by atoms with Crippen molar-refractivity contribution >= 4 is 10.0 Å².